The Bertz CT molecular complexity index is 1840. The van der Waals surface area contributed by atoms with Crippen molar-refractivity contribution in [3.63, 3.8) is 0 Å². The minimum Gasteiger partial charge on any atom is -0.371 e. The van der Waals surface area contributed by atoms with E-state index in [1.54, 1.807) is 12.1 Å². The number of carbonyl (C=O) groups excluding carboxylic acids is 4. The predicted octanol–water partition coefficient (Wildman–Crippen LogP) is 5.69. The van der Waals surface area contributed by atoms with Crippen molar-refractivity contribution in [3.8, 4) is 0 Å². The number of nitrogens with one attached hydrogen (secondary N) is 4. The van der Waals surface area contributed by atoms with E-state index in [0.29, 0.717) is 43.9 Å². The van der Waals surface area contributed by atoms with Gasteiger partial charge in [-0.25, -0.2) is 4.79 Å². The molecule has 4 aromatic rings. The molecular formula is C42H53N7O4. The first-order chi connectivity index (χ1) is 25.7. The van der Waals surface area contributed by atoms with E-state index in [-0.39, 0.29) is 24.2 Å². The Hall–Kier alpha value is -5.42. The lowest BCUT2D eigenvalue weighted by molar-refractivity contribution is -0.136. The summed E-state index contributed by atoms with van der Waals surface area (Å²) in [5, 5.41) is 14.1. The molecular weight excluding hydrogens is 667 g/mol. The molecule has 11 nitrogen and oxygen atoms in total. The summed E-state index contributed by atoms with van der Waals surface area (Å²) in [6.07, 6.45) is 4.57. The number of hydrogen-bond donors (Lipinski definition) is 5. The van der Waals surface area contributed by atoms with Crippen molar-refractivity contribution >= 4 is 51.6 Å². The Morgan fingerprint density at radius 3 is 2.30 bits per heavy atom. The summed E-state index contributed by atoms with van der Waals surface area (Å²) in [5.74, 6) is -0.550. The number of rotatable bonds is 17. The van der Waals surface area contributed by atoms with Gasteiger partial charge in [-0.05, 0) is 85.3 Å². The molecule has 5 rings (SSSR count). The van der Waals surface area contributed by atoms with Crippen molar-refractivity contribution < 1.29 is 19.2 Å². The SMILES string of the molecule is CCCN(CCN(C)c1ccc(NC(=O)NC(Cc2ccc3ccccc3c2)C(N)=O)cc1NC(=O)CCCc1ccccc1)C(=O)C1CCNCC1. The highest BCUT2D eigenvalue weighted by Crippen LogP contribution is 2.29. The molecule has 6 N–H and O–H groups in total. The number of benzene rings is 4. The maximum atomic E-state index is 13.4. The Kier molecular flexibility index (Phi) is 14.2. The van der Waals surface area contributed by atoms with E-state index in [1.807, 2.05) is 95.7 Å². The number of anilines is 3. The first-order valence-electron chi connectivity index (χ1n) is 18.7. The van der Waals surface area contributed by atoms with Crippen LogP contribution in [0.1, 0.15) is 50.2 Å². The first kappa shape index (κ1) is 38.8. The summed E-state index contributed by atoms with van der Waals surface area (Å²) >= 11 is 0. The molecule has 1 atom stereocenters. The van der Waals surface area contributed by atoms with E-state index < -0.39 is 18.0 Å². The van der Waals surface area contributed by atoms with E-state index in [9.17, 15) is 19.2 Å². The number of carbonyl (C=O) groups is 4. The third kappa shape index (κ3) is 11.5. The highest BCUT2D eigenvalue weighted by atomic mass is 16.2. The summed E-state index contributed by atoms with van der Waals surface area (Å²) in [6, 6.07) is 27.6. The maximum Gasteiger partial charge on any atom is 0.319 e. The first-order valence-corrected chi connectivity index (χ1v) is 18.7. The van der Waals surface area contributed by atoms with E-state index in [0.717, 1.165) is 60.8 Å². The molecule has 0 radical (unpaired) electrons. The fourth-order valence-corrected chi connectivity index (χ4v) is 6.83. The van der Waals surface area contributed by atoms with Gasteiger partial charge in [0.1, 0.15) is 6.04 Å². The van der Waals surface area contributed by atoms with Crippen molar-refractivity contribution in [3.05, 3.63) is 102 Å². The molecule has 0 bridgehead atoms. The van der Waals surface area contributed by atoms with Gasteiger partial charge in [-0.2, -0.15) is 0 Å². The van der Waals surface area contributed by atoms with Crippen molar-refractivity contribution in [1.82, 2.24) is 15.5 Å². The fourth-order valence-electron chi connectivity index (χ4n) is 6.83. The second kappa shape index (κ2) is 19.4. The van der Waals surface area contributed by atoms with Crippen LogP contribution >= 0.6 is 0 Å². The van der Waals surface area contributed by atoms with E-state index in [2.05, 4.69) is 28.2 Å². The average Bonchev–Trinajstić information content (AvgIpc) is 3.16. The van der Waals surface area contributed by atoms with Crippen molar-refractivity contribution in [2.75, 3.05) is 55.3 Å². The standard InChI is InChI=1S/C42H53N7O4/c1-3-24-49(41(52)33-20-22-44-23-21-33)26-25-48(2)38-19-18-35(29-36(38)46-39(50)15-9-12-30-10-5-4-6-11-30)45-42(53)47-37(40(43)51)28-31-16-17-32-13-7-8-14-34(32)27-31/h4-8,10-11,13-14,16-19,27,29,33,37,44H,3,9,12,15,20-26,28H2,1-2H3,(H2,43,51)(H,46,50)(H2,45,47,53). The summed E-state index contributed by atoms with van der Waals surface area (Å²) in [4.78, 5) is 56.3. The zero-order valence-electron chi connectivity index (χ0n) is 30.9. The number of aryl methyl sites for hydroxylation is 1. The number of nitrogens with two attached hydrogens (primary N) is 1. The van der Waals surface area contributed by atoms with Crippen LogP contribution in [0.3, 0.4) is 0 Å². The van der Waals surface area contributed by atoms with Gasteiger partial charge in [0.25, 0.3) is 0 Å². The van der Waals surface area contributed by atoms with Gasteiger partial charge in [0.2, 0.25) is 17.7 Å². The molecule has 1 heterocycles. The smallest absolute Gasteiger partial charge is 0.319 e. The molecule has 0 aromatic heterocycles. The van der Waals surface area contributed by atoms with Crippen molar-refractivity contribution in [2.24, 2.45) is 11.7 Å². The predicted molar refractivity (Wildman–Crippen MR) is 213 cm³/mol. The largest absolute Gasteiger partial charge is 0.371 e. The van der Waals surface area contributed by atoms with Crippen LogP contribution in [-0.4, -0.2) is 74.5 Å². The monoisotopic (exact) mass is 719 g/mol. The van der Waals surface area contributed by atoms with Gasteiger partial charge in [-0.1, -0.05) is 79.7 Å². The number of nitrogens with zero attached hydrogens (tertiary/aromatic N) is 2. The molecule has 1 aliphatic rings. The molecule has 1 fully saturated rings. The highest BCUT2D eigenvalue weighted by Gasteiger charge is 2.26. The van der Waals surface area contributed by atoms with Gasteiger partial charge in [-0.15, -0.1) is 0 Å². The summed E-state index contributed by atoms with van der Waals surface area (Å²) in [5.41, 5.74) is 9.47. The molecule has 280 valence electrons. The summed E-state index contributed by atoms with van der Waals surface area (Å²) < 4.78 is 0. The number of fused-ring (bicyclic) bond motifs is 1. The van der Waals surface area contributed by atoms with Gasteiger partial charge in [0.05, 0.1) is 11.4 Å². The molecule has 53 heavy (non-hydrogen) atoms. The van der Waals surface area contributed by atoms with Crippen LogP contribution in [0.5, 0.6) is 0 Å². The quantitative estimate of drug-likeness (QED) is 0.0947. The van der Waals surface area contributed by atoms with Crippen LogP contribution in [0.25, 0.3) is 10.8 Å². The van der Waals surface area contributed by atoms with Gasteiger partial charge >= 0.3 is 6.03 Å². The molecule has 0 saturated carbocycles. The zero-order valence-corrected chi connectivity index (χ0v) is 30.9. The minimum absolute atomic E-state index is 0.0390. The van der Waals surface area contributed by atoms with Crippen LogP contribution in [0.15, 0.2) is 91.0 Å². The van der Waals surface area contributed by atoms with Gasteiger partial charge in [0.15, 0.2) is 0 Å². The van der Waals surface area contributed by atoms with Crippen LogP contribution in [0.4, 0.5) is 21.9 Å². The molecule has 0 spiro atoms. The topological polar surface area (TPSA) is 149 Å². The zero-order chi connectivity index (χ0) is 37.6. The van der Waals surface area contributed by atoms with Crippen LogP contribution in [-0.2, 0) is 27.2 Å². The van der Waals surface area contributed by atoms with Gasteiger partial charge in [0, 0.05) is 51.1 Å². The Labute approximate surface area is 312 Å². The van der Waals surface area contributed by atoms with Crippen molar-refractivity contribution in [1.29, 1.82) is 0 Å². The normalized spacial score (nSPS) is 13.5. The van der Waals surface area contributed by atoms with E-state index in [4.69, 9.17) is 5.73 Å². The number of amides is 5. The summed E-state index contributed by atoms with van der Waals surface area (Å²) in [7, 11) is 1.93. The van der Waals surface area contributed by atoms with Crippen molar-refractivity contribution in [2.45, 2.75) is 57.9 Å². The minimum atomic E-state index is -0.941. The second-order valence-electron chi connectivity index (χ2n) is 13.8. The molecule has 5 amide bonds. The Morgan fingerprint density at radius 2 is 1.57 bits per heavy atom. The number of likely N-dealkylation sites (N-methyl/N-ethyl adjacent to an activating group) is 1. The molecule has 11 heteroatoms. The maximum absolute atomic E-state index is 13.4. The van der Waals surface area contributed by atoms with Crippen LogP contribution in [0.2, 0.25) is 0 Å². The second-order valence-corrected chi connectivity index (χ2v) is 13.8. The number of primary amides is 1. The summed E-state index contributed by atoms with van der Waals surface area (Å²) in [6.45, 7) is 5.58. The third-order valence-electron chi connectivity index (χ3n) is 9.75. The Balaban J connectivity index is 1.27. The van der Waals surface area contributed by atoms with Gasteiger partial charge in [-0.3, -0.25) is 14.4 Å². The van der Waals surface area contributed by atoms with Crippen LogP contribution < -0.4 is 31.9 Å². The Morgan fingerprint density at radius 1 is 0.830 bits per heavy atom. The third-order valence-corrected chi connectivity index (χ3v) is 9.75. The lowest BCUT2D eigenvalue weighted by Crippen LogP contribution is -2.47. The van der Waals surface area contributed by atoms with E-state index >= 15 is 0 Å². The fraction of sp³-hybridized carbons (Fsp3) is 0.381. The van der Waals surface area contributed by atoms with Crippen LogP contribution in [0, 0.1) is 5.92 Å². The molecule has 0 aliphatic carbocycles. The number of hydrogen-bond acceptors (Lipinski definition) is 6. The molecule has 4 aromatic carbocycles. The number of urea groups is 1. The lowest BCUT2D eigenvalue weighted by Gasteiger charge is -2.32. The highest BCUT2D eigenvalue weighted by molar-refractivity contribution is 5.98. The van der Waals surface area contributed by atoms with E-state index in [1.165, 1.54) is 5.56 Å². The molecule has 1 saturated heterocycles. The lowest BCUT2D eigenvalue weighted by atomic mass is 9.96. The number of piperidine rings is 1. The molecule has 1 aliphatic heterocycles. The van der Waals surface area contributed by atoms with Gasteiger partial charge < -0.3 is 36.8 Å². The average molecular weight is 720 g/mol. The molecule has 1 unspecified atom stereocenters.